The van der Waals surface area contributed by atoms with Crippen LogP contribution in [0.5, 0.6) is 5.75 Å². The molecule has 2 rings (SSSR count). The Kier molecular flexibility index (Phi) is 7.01. The van der Waals surface area contributed by atoms with Gasteiger partial charge >= 0.3 is 5.97 Å². The number of carbonyl (C=O) groups excluding carboxylic acids is 2. The van der Waals surface area contributed by atoms with Crippen LogP contribution in [-0.4, -0.2) is 37.5 Å². The monoisotopic (exact) mass is 405 g/mol. The summed E-state index contributed by atoms with van der Waals surface area (Å²) in [5.74, 6) is 0.170. The molecule has 0 spiro atoms. The summed E-state index contributed by atoms with van der Waals surface area (Å²) in [4.78, 5) is 25.0. The first kappa shape index (κ1) is 19.0. The molecule has 0 N–H and O–H groups in total. The van der Waals surface area contributed by atoms with Crippen LogP contribution in [0, 0.1) is 0 Å². The van der Waals surface area contributed by atoms with E-state index in [1.54, 1.807) is 36.2 Å². The molecule has 0 aliphatic heterocycles. The van der Waals surface area contributed by atoms with Crippen molar-refractivity contribution in [3.63, 3.8) is 0 Å². The summed E-state index contributed by atoms with van der Waals surface area (Å²) in [7, 11) is 3.10. The molecular formula is C19H20BrNO4. The maximum atomic E-state index is 12.2. The second-order valence-corrected chi connectivity index (χ2v) is 6.38. The number of methoxy groups -OCH3 is 1. The molecule has 6 heteroatoms. The van der Waals surface area contributed by atoms with Crippen LogP contribution in [0.2, 0.25) is 0 Å². The fourth-order valence-electron chi connectivity index (χ4n) is 2.17. The number of nitrogens with zero attached hydrogens (tertiary/aromatic N) is 1. The van der Waals surface area contributed by atoms with Gasteiger partial charge in [-0.3, -0.25) is 9.59 Å². The van der Waals surface area contributed by atoms with Gasteiger partial charge in [-0.2, -0.15) is 0 Å². The first-order valence-electron chi connectivity index (χ1n) is 7.75. The second-order valence-electron chi connectivity index (χ2n) is 5.53. The van der Waals surface area contributed by atoms with Crippen molar-refractivity contribution in [2.45, 2.75) is 13.0 Å². The van der Waals surface area contributed by atoms with Crippen LogP contribution in [0.25, 0.3) is 0 Å². The Morgan fingerprint density at radius 2 is 1.76 bits per heavy atom. The van der Waals surface area contributed by atoms with E-state index >= 15 is 0 Å². The number of rotatable bonds is 7. The van der Waals surface area contributed by atoms with Crippen molar-refractivity contribution in [2.75, 3.05) is 20.8 Å². The SMILES string of the molecule is COC(=O)Cc1ccc(OCC(=O)N(C)Cc2ccccc2Br)cc1. The highest BCUT2D eigenvalue weighted by molar-refractivity contribution is 9.10. The average molecular weight is 406 g/mol. The van der Waals surface area contributed by atoms with Crippen molar-refractivity contribution < 1.29 is 19.1 Å². The number of esters is 1. The Balaban J connectivity index is 1.84. The third-order valence-corrected chi connectivity index (χ3v) is 4.43. The molecule has 0 fully saturated rings. The lowest BCUT2D eigenvalue weighted by molar-refractivity contribution is -0.139. The molecule has 132 valence electrons. The summed E-state index contributed by atoms with van der Waals surface area (Å²) in [6.45, 7) is 0.457. The summed E-state index contributed by atoms with van der Waals surface area (Å²) in [5.41, 5.74) is 1.86. The van der Waals surface area contributed by atoms with Gasteiger partial charge in [0.1, 0.15) is 5.75 Å². The molecule has 0 atom stereocenters. The summed E-state index contributed by atoms with van der Waals surface area (Å²) in [5, 5.41) is 0. The van der Waals surface area contributed by atoms with E-state index in [0.29, 0.717) is 12.3 Å². The fraction of sp³-hybridized carbons (Fsp3) is 0.263. The van der Waals surface area contributed by atoms with E-state index in [4.69, 9.17) is 4.74 Å². The highest BCUT2D eigenvalue weighted by atomic mass is 79.9. The largest absolute Gasteiger partial charge is 0.484 e. The molecule has 0 aliphatic rings. The molecule has 0 aliphatic carbocycles. The van der Waals surface area contributed by atoms with E-state index in [0.717, 1.165) is 15.6 Å². The zero-order valence-electron chi connectivity index (χ0n) is 14.2. The van der Waals surface area contributed by atoms with Crippen molar-refractivity contribution >= 4 is 27.8 Å². The van der Waals surface area contributed by atoms with E-state index < -0.39 is 0 Å². The number of benzene rings is 2. The van der Waals surface area contributed by atoms with Gasteiger partial charge in [0.25, 0.3) is 5.91 Å². The molecule has 0 bridgehead atoms. The van der Waals surface area contributed by atoms with Crippen LogP contribution in [0.15, 0.2) is 53.0 Å². The smallest absolute Gasteiger partial charge is 0.309 e. The molecule has 0 saturated heterocycles. The standard InChI is InChI=1S/C19H20BrNO4/c1-21(12-15-5-3-4-6-17(15)20)18(22)13-25-16-9-7-14(8-10-16)11-19(23)24-2/h3-10H,11-13H2,1-2H3. The van der Waals surface area contributed by atoms with Gasteiger partial charge < -0.3 is 14.4 Å². The van der Waals surface area contributed by atoms with Gasteiger partial charge in [0.05, 0.1) is 13.5 Å². The van der Waals surface area contributed by atoms with Crippen LogP contribution in [0.3, 0.4) is 0 Å². The van der Waals surface area contributed by atoms with E-state index in [1.165, 1.54) is 7.11 Å². The predicted octanol–water partition coefficient (Wildman–Crippen LogP) is 3.20. The molecule has 2 aromatic rings. The second kappa shape index (κ2) is 9.22. The van der Waals surface area contributed by atoms with Crippen LogP contribution in [0.4, 0.5) is 0 Å². The van der Waals surface area contributed by atoms with Gasteiger partial charge in [-0.15, -0.1) is 0 Å². The number of likely N-dealkylation sites (N-methyl/N-ethyl adjacent to an activating group) is 1. The summed E-state index contributed by atoms with van der Waals surface area (Å²) in [6, 6.07) is 14.8. The summed E-state index contributed by atoms with van der Waals surface area (Å²) < 4.78 is 11.1. The third kappa shape index (κ3) is 5.90. The Hall–Kier alpha value is -2.34. The topological polar surface area (TPSA) is 55.8 Å². The maximum Gasteiger partial charge on any atom is 0.309 e. The van der Waals surface area contributed by atoms with E-state index in [9.17, 15) is 9.59 Å². The van der Waals surface area contributed by atoms with E-state index in [2.05, 4.69) is 20.7 Å². The molecule has 0 saturated carbocycles. The third-order valence-electron chi connectivity index (χ3n) is 3.65. The van der Waals surface area contributed by atoms with E-state index in [1.807, 2.05) is 24.3 Å². The summed E-state index contributed by atoms with van der Waals surface area (Å²) in [6.07, 6.45) is 0.213. The average Bonchev–Trinajstić information content (AvgIpc) is 2.62. The first-order chi connectivity index (χ1) is 12.0. The highest BCUT2D eigenvalue weighted by Gasteiger charge is 2.12. The quantitative estimate of drug-likeness (QED) is 0.663. The zero-order valence-corrected chi connectivity index (χ0v) is 15.8. The Bertz CT molecular complexity index is 730. The Morgan fingerprint density at radius 3 is 2.40 bits per heavy atom. The first-order valence-corrected chi connectivity index (χ1v) is 8.55. The van der Waals surface area contributed by atoms with Crippen molar-refractivity contribution in [3.05, 3.63) is 64.1 Å². The van der Waals surface area contributed by atoms with Gasteiger partial charge in [-0.25, -0.2) is 0 Å². The molecule has 2 aromatic carbocycles. The number of hydrogen-bond acceptors (Lipinski definition) is 4. The van der Waals surface area contributed by atoms with Crippen molar-refractivity contribution in [1.82, 2.24) is 4.90 Å². The van der Waals surface area contributed by atoms with Crippen LogP contribution in [0.1, 0.15) is 11.1 Å². The minimum atomic E-state index is -0.294. The van der Waals surface area contributed by atoms with Gasteiger partial charge in [-0.05, 0) is 29.3 Å². The number of ether oxygens (including phenoxy) is 2. The molecule has 25 heavy (non-hydrogen) atoms. The molecule has 0 radical (unpaired) electrons. The van der Waals surface area contributed by atoms with Crippen molar-refractivity contribution in [2.24, 2.45) is 0 Å². The number of halogens is 1. The molecule has 0 aromatic heterocycles. The van der Waals surface area contributed by atoms with Crippen LogP contribution >= 0.6 is 15.9 Å². The van der Waals surface area contributed by atoms with Gasteiger partial charge in [0, 0.05) is 18.1 Å². The Morgan fingerprint density at radius 1 is 1.08 bits per heavy atom. The van der Waals surface area contributed by atoms with Crippen LogP contribution in [-0.2, 0) is 27.3 Å². The Labute approximate surface area is 155 Å². The van der Waals surface area contributed by atoms with Crippen molar-refractivity contribution in [1.29, 1.82) is 0 Å². The predicted molar refractivity (Wildman–Crippen MR) is 98.3 cm³/mol. The van der Waals surface area contributed by atoms with Gasteiger partial charge in [-0.1, -0.05) is 46.3 Å². The molecule has 5 nitrogen and oxygen atoms in total. The minimum absolute atomic E-state index is 0.0443. The van der Waals surface area contributed by atoms with Gasteiger partial charge in [0.2, 0.25) is 0 Å². The van der Waals surface area contributed by atoms with E-state index in [-0.39, 0.29) is 24.9 Å². The fourth-order valence-corrected chi connectivity index (χ4v) is 2.58. The lowest BCUT2D eigenvalue weighted by Crippen LogP contribution is -2.31. The van der Waals surface area contributed by atoms with Gasteiger partial charge in [0.15, 0.2) is 6.61 Å². The molecular weight excluding hydrogens is 386 g/mol. The number of carbonyl (C=O) groups is 2. The normalized spacial score (nSPS) is 10.2. The summed E-state index contributed by atoms with van der Waals surface area (Å²) >= 11 is 3.48. The molecule has 0 heterocycles. The highest BCUT2D eigenvalue weighted by Crippen LogP contribution is 2.17. The lowest BCUT2D eigenvalue weighted by Gasteiger charge is -2.18. The zero-order chi connectivity index (χ0) is 18.2. The molecule has 0 unspecified atom stereocenters. The van der Waals surface area contributed by atoms with Crippen LogP contribution < -0.4 is 4.74 Å². The van der Waals surface area contributed by atoms with Crippen molar-refractivity contribution in [3.8, 4) is 5.75 Å². The molecule has 1 amide bonds. The minimum Gasteiger partial charge on any atom is -0.484 e. The number of amides is 1. The maximum absolute atomic E-state index is 12.2. The lowest BCUT2D eigenvalue weighted by atomic mass is 10.1. The number of hydrogen-bond donors (Lipinski definition) is 0.